The van der Waals surface area contributed by atoms with Gasteiger partial charge in [-0.2, -0.15) is 0 Å². The first-order chi connectivity index (χ1) is 7.15. The van der Waals surface area contributed by atoms with E-state index >= 15 is 0 Å². The number of nitrogens with one attached hydrogen (secondary N) is 1. The molecule has 1 aromatic heterocycles. The lowest BCUT2D eigenvalue weighted by atomic mass is 10.1. The van der Waals surface area contributed by atoms with E-state index in [0.717, 1.165) is 10.9 Å². The van der Waals surface area contributed by atoms with Crippen LogP contribution in [0.4, 0.5) is 0 Å². The molecule has 1 unspecified atom stereocenters. The molecule has 15 heavy (non-hydrogen) atoms. The zero-order valence-corrected chi connectivity index (χ0v) is 11.2. The molecule has 0 spiro atoms. The van der Waals surface area contributed by atoms with Crippen LogP contribution in [0, 0.1) is 0 Å². The molecule has 1 N–H and O–H groups in total. The largest absolute Gasteiger partial charge is 0.320 e. The number of hydrogen-bond acceptors (Lipinski definition) is 3. The van der Waals surface area contributed by atoms with Crippen molar-refractivity contribution >= 4 is 22.9 Å². The monoisotopic (exact) mass is 246 g/mol. The Balaban J connectivity index is 2.58. The van der Waals surface area contributed by atoms with Crippen molar-refractivity contribution in [2.24, 2.45) is 0 Å². The van der Waals surface area contributed by atoms with E-state index in [1.165, 1.54) is 17.7 Å². The SMILES string of the molecule is CNCCCC(c1ccc(Cl)s1)N(C)C. The molecule has 2 nitrogen and oxygen atoms in total. The molecular formula is C11H19ClN2S. The minimum absolute atomic E-state index is 0.496. The molecular weight excluding hydrogens is 228 g/mol. The van der Waals surface area contributed by atoms with Crippen LogP contribution in [-0.2, 0) is 0 Å². The van der Waals surface area contributed by atoms with Crippen molar-refractivity contribution in [2.75, 3.05) is 27.7 Å². The van der Waals surface area contributed by atoms with Gasteiger partial charge in [0.25, 0.3) is 0 Å². The Labute approximate surface area is 101 Å². The van der Waals surface area contributed by atoms with E-state index in [0.29, 0.717) is 6.04 Å². The molecule has 1 rings (SSSR count). The quantitative estimate of drug-likeness (QED) is 0.777. The van der Waals surface area contributed by atoms with Gasteiger partial charge >= 0.3 is 0 Å². The highest BCUT2D eigenvalue weighted by Crippen LogP contribution is 2.31. The summed E-state index contributed by atoms with van der Waals surface area (Å²) in [5, 5.41) is 3.18. The third-order valence-corrected chi connectivity index (χ3v) is 3.78. The molecule has 0 saturated heterocycles. The van der Waals surface area contributed by atoms with Crippen molar-refractivity contribution in [3.05, 3.63) is 21.3 Å². The maximum atomic E-state index is 5.96. The summed E-state index contributed by atoms with van der Waals surface area (Å²) in [6.07, 6.45) is 2.36. The van der Waals surface area contributed by atoms with E-state index in [-0.39, 0.29) is 0 Å². The molecule has 0 aromatic carbocycles. The number of halogens is 1. The third kappa shape index (κ3) is 4.11. The second-order valence-corrected chi connectivity index (χ2v) is 5.61. The van der Waals surface area contributed by atoms with Gasteiger partial charge in [-0.05, 0) is 52.7 Å². The molecule has 1 heterocycles. The van der Waals surface area contributed by atoms with Crippen LogP contribution in [0.2, 0.25) is 4.34 Å². The first kappa shape index (κ1) is 13.0. The standard InChI is InChI=1S/C11H19ClN2S/c1-13-8-4-5-9(14(2)3)10-6-7-11(12)15-10/h6-7,9,13H,4-5,8H2,1-3H3. The highest BCUT2D eigenvalue weighted by Gasteiger charge is 2.15. The summed E-state index contributed by atoms with van der Waals surface area (Å²) in [5.74, 6) is 0. The summed E-state index contributed by atoms with van der Waals surface area (Å²) in [5.41, 5.74) is 0. The van der Waals surface area contributed by atoms with Crippen molar-refractivity contribution in [1.82, 2.24) is 10.2 Å². The minimum atomic E-state index is 0.496. The van der Waals surface area contributed by atoms with Gasteiger partial charge in [-0.25, -0.2) is 0 Å². The number of hydrogen-bond donors (Lipinski definition) is 1. The van der Waals surface area contributed by atoms with Crippen molar-refractivity contribution in [3.63, 3.8) is 0 Å². The smallest absolute Gasteiger partial charge is 0.0931 e. The Morgan fingerprint density at radius 2 is 2.20 bits per heavy atom. The second kappa shape index (κ2) is 6.48. The van der Waals surface area contributed by atoms with E-state index in [2.05, 4.69) is 30.4 Å². The van der Waals surface area contributed by atoms with Gasteiger partial charge in [-0.1, -0.05) is 11.6 Å². The number of rotatable bonds is 6. The zero-order valence-electron chi connectivity index (χ0n) is 9.59. The summed E-state index contributed by atoms with van der Waals surface area (Å²) < 4.78 is 0.880. The lowest BCUT2D eigenvalue weighted by molar-refractivity contribution is 0.283. The van der Waals surface area contributed by atoms with Crippen LogP contribution < -0.4 is 5.32 Å². The molecule has 0 bridgehead atoms. The van der Waals surface area contributed by atoms with E-state index in [1.807, 2.05) is 13.1 Å². The summed E-state index contributed by atoms with van der Waals surface area (Å²) in [7, 11) is 6.24. The Hall–Kier alpha value is -0.0900. The van der Waals surface area contributed by atoms with Crippen molar-refractivity contribution < 1.29 is 0 Å². The van der Waals surface area contributed by atoms with E-state index in [9.17, 15) is 0 Å². The highest BCUT2D eigenvalue weighted by molar-refractivity contribution is 7.16. The van der Waals surface area contributed by atoms with Gasteiger partial charge in [-0.3, -0.25) is 0 Å². The van der Waals surface area contributed by atoms with Crippen LogP contribution >= 0.6 is 22.9 Å². The van der Waals surface area contributed by atoms with E-state index < -0.39 is 0 Å². The number of nitrogens with zero attached hydrogens (tertiary/aromatic N) is 1. The summed E-state index contributed by atoms with van der Waals surface area (Å²) in [6, 6.07) is 4.61. The van der Waals surface area contributed by atoms with Gasteiger partial charge in [0, 0.05) is 10.9 Å². The van der Waals surface area contributed by atoms with Crippen molar-refractivity contribution in [1.29, 1.82) is 0 Å². The van der Waals surface area contributed by atoms with Crippen LogP contribution in [0.15, 0.2) is 12.1 Å². The molecule has 0 fully saturated rings. The van der Waals surface area contributed by atoms with Crippen LogP contribution in [0.3, 0.4) is 0 Å². The Kier molecular flexibility index (Phi) is 5.61. The van der Waals surface area contributed by atoms with Gasteiger partial charge in [0.15, 0.2) is 0 Å². The molecule has 86 valence electrons. The average molecular weight is 247 g/mol. The van der Waals surface area contributed by atoms with Gasteiger partial charge in [0.1, 0.15) is 0 Å². The van der Waals surface area contributed by atoms with E-state index in [4.69, 9.17) is 11.6 Å². The summed E-state index contributed by atoms with van der Waals surface area (Å²) in [4.78, 5) is 3.62. The van der Waals surface area contributed by atoms with Gasteiger partial charge in [0.2, 0.25) is 0 Å². The lowest BCUT2D eigenvalue weighted by Crippen LogP contribution is -2.20. The van der Waals surface area contributed by atoms with Crippen LogP contribution in [0.1, 0.15) is 23.8 Å². The molecule has 0 saturated carbocycles. The Morgan fingerprint density at radius 3 is 2.67 bits per heavy atom. The first-order valence-electron chi connectivity index (χ1n) is 5.21. The fourth-order valence-electron chi connectivity index (χ4n) is 1.63. The van der Waals surface area contributed by atoms with Gasteiger partial charge < -0.3 is 10.2 Å². The van der Waals surface area contributed by atoms with E-state index in [1.54, 1.807) is 11.3 Å². The molecule has 0 aliphatic heterocycles. The van der Waals surface area contributed by atoms with Gasteiger partial charge in [0.05, 0.1) is 4.34 Å². The molecule has 0 aliphatic carbocycles. The summed E-state index contributed by atoms with van der Waals surface area (Å²) in [6.45, 7) is 1.07. The topological polar surface area (TPSA) is 15.3 Å². The maximum absolute atomic E-state index is 5.96. The van der Waals surface area contributed by atoms with Crippen LogP contribution in [-0.4, -0.2) is 32.6 Å². The molecule has 0 aliphatic rings. The fourth-order valence-corrected chi connectivity index (χ4v) is 2.93. The number of thiophene rings is 1. The zero-order chi connectivity index (χ0) is 11.3. The van der Waals surface area contributed by atoms with Crippen LogP contribution in [0.5, 0.6) is 0 Å². The molecule has 1 atom stereocenters. The fraction of sp³-hybridized carbons (Fsp3) is 0.636. The minimum Gasteiger partial charge on any atom is -0.320 e. The predicted molar refractivity (Wildman–Crippen MR) is 68.9 cm³/mol. The lowest BCUT2D eigenvalue weighted by Gasteiger charge is -2.23. The third-order valence-electron chi connectivity index (χ3n) is 2.45. The second-order valence-electron chi connectivity index (χ2n) is 3.87. The molecule has 0 radical (unpaired) electrons. The Bertz CT molecular complexity index is 286. The van der Waals surface area contributed by atoms with Gasteiger partial charge in [-0.15, -0.1) is 11.3 Å². The molecule has 4 heteroatoms. The predicted octanol–water partition coefficient (Wildman–Crippen LogP) is 3.00. The average Bonchev–Trinajstić information content (AvgIpc) is 2.59. The van der Waals surface area contributed by atoms with Crippen LogP contribution in [0.25, 0.3) is 0 Å². The molecule has 1 aromatic rings. The normalized spacial score (nSPS) is 13.4. The van der Waals surface area contributed by atoms with Crippen molar-refractivity contribution in [3.8, 4) is 0 Å². The maximum Gasteiger partial charge on any atom is 0.0931 e. The van der Waals surface area contributed by atoms with Crippen molar-refractivity contribution in [2.45, 2.75) is 18.9 Å². The molecule has 0 amide bonds. The summed E-state index contributed by atoms with van der Waals surface area (Å²) >= 11 is 7.64. The first-order valence-corrected chi connectivity index (χ1v) is 6.41. The highest BCUT2D eigenvalue weighted by atomic mass is 35.5. The Morgan fingerprint density at radius 1 is 1.47 bits per heavy atom.